The molecule has 3 rings (SSSR count). The molecule has 0 atom stereocenters. The van der Waals surface area contributed by atoms with E-state index in [1.807, 2.05) is 25.1 Å². The topological polar surface area (TPSA) is 96.3 Å². The number of nitrogens with one attached hydrogen (secondary N) is 2. The minimum atomic E-state index is -0.558. The molecule has 2 N–H and O–H groups in total. The van der Waals surface area contributed by atoms with E-state index in [1.54, 1.807) is 42.5 Å². The van der Waals surface area contributed by atoms with Crippen molar-refractivity contribution >= 4 is 28.3 Å². The molecule has 0 aliphatic carbocycles. The maximum atomic E-state index is 12.4. The average Bonchev–Trinajstić information content (AvgIpc) is 2.68. The highest BCUT2D eigenvalue weighted by atomic mass is 16.2. The van der Waals surface area contributed by atoms with Crippen LogP contribution < -0.4 is 21.3 Å². The first-order chi connectivity index (χ1) is 13.0. The van der Waals surface area contributed by atoms with E-state index in [0.29, 0.717) is 16.3 Å². The molecule has 0 aliphatic rings. The molecule has 138 valence electrons. The Kier molecular flexibility index (Phi) is 5.16. The van der Waals surface area contributed by atoms with E-state index < -0.39 is 11.8 Å². The highest BCUT2D eigenvalue weighted by Crippen LogP contribution is 2.13. The number of carbonyl (C=O) groups is 2. The van der Waals surface area contributed by atoms with E-state index in [1.165, 1.54) is 6.20 Å². The summed E-state index contributed by atoms with van der Waals surface area (Å²) in [5.41, 5.74) is 5.54. The van der Waals surface area contributed by atoms with E-state index in [0.717, 1.165) is 10.4 Å². The van der Waals surface area contributed by atoms with Gasteiger partial charge in [0.2, 0.25) is 0 Å². The van der Waals surface area contributed by atoms with Crippen molar-refractivity contribution in [2.75, 3.05) is 19.0 Å². The predicted octanol–water partition coefficient (Wildman–Crippen LogP) is 0.924. The summed E-state index contributed by atoms with van der Waals surface area (Å²) < 4.78 is 1.05. The first-order valence-electron chi connectivity index (χ1n) is 8.27. The molecule has 0 fully saturated rings. The Morgan fingerprint density at radius 2 is 1.85 bits per heavy atom. The van der Waals surface area contributed by atoms with Crippen molar-refractivity contribution in [3.8, 4) is 0 Å². The molecule has 0 saturated carbocycles. The Morgan fingerprint density at radius 3 is 2.63 bits per heavy atom. The summed E-state index contributed by atoms with van der Waals surface area (Å²) in [5.74, 6) is -1.01. The third kappa shape index (κ3) is 4.12. The molecular formula is C19H19N5O3. The van der Waals surface area contributed by atoms with Crippen LogP contribution in [0.2, 0.25) is 0 Å². The molecule has 1 aromatic heterocycles. The fraction of sp³-hybridized carbons (Fsp3) is 0.158. The quantitative estimate of drug-likeness (QED) is 0.671. The van der Waals surface area contributed by atoms with E-state index in [2.05, 4.69) is 16.0 Å². The van der Waals surface area contributed by atoms with Gasteiger partial charge in [0.1, 0.15) is 6.54 Å². The van der Waals surface area contributed by atoms with Gasteiger partial charge in [0, 0.05) is 30.7 Å². The smallest absolute Gasteiger partial charge is 0.275 e. The summed E-state index contributed by atoms with van der Waals surface area (Å²) in [6.45, 7) is -0.304. The lowest BCUT2D eigenvalue weighted by molar-refractivity contribution is -0.122. The van der Waals surface area contributed by atoms with Crippen LogP contribution in [0.3, 0.4) is 0 Å². The first kappa shape index (κ1) is 18.1. The van der Waals surface area contributed by atoms with Crippen LogP contribution >= 0.6 is 0 Å². The number of nitrogens with zero attached hydrogens (tertiary/aromatic N) is 3. The van der Waals surface area contributed by atoms with Gasteiger partial charge in [0.05, 0.1) is 11.6 Å². The van der Waals surface area contributed by atoms with Crippen molar-refractivity contribution in [3.63, 3.8) is 0 Å². The fourth-order valence-corrected chi connectivity index (χ4v) is 2.54. The number of hydrogen-bond acceptors (Lipinski definition) is 5. The van der Waals surface area contributed by atoms with Gasteiger partial charge in [-0.25, -0.2) is 4.68 Å². The van der Waals surface area contributed by atoms with E-state index in [-0.39, 0.29) is 12.1 Å². The van der Waals surface area contributed by atoms with Crippen LogP contribution in [-0.2, 0) is 11.3 Å². The van der Waals surface area contributed by atoms with Crippen molar-refractivity contribution in [2.24, 2.45) is 0 Å². The molecule has 1 heterocycles. The molecule has 0 radical (unpaired) electrons. The van der Waals surface area contributed by atoms with E-state index in [9.17, 15) is 14.4 Å². The zero-order valence-corrected chi connectivity index (χ0v) is 15.0. The maximum Gasteiger partial charge on any atom is 0.275 e. The van der Waals surface area contributed by atoms with Crippen LogP contribution in [0.15, 0.2) is 59.5 Å². The van der Waals surface area contributed by atoms with E-state index >= 15 is 0 Å². The number of hydrazine groups is 1. The molecule has 27 heavy (non-hydrogen) atoms. The zero-order chi connectivity index (χ0) is 19.4. The number of carbonyl (C=O) groups excluding carboxylic acids is 2. The second-order valence-corrected chi connectivity index (χ2v) is 6.14. The fourth-order valence-electron chi connectivity index (χ4n) is 2.54. The summed E-state index contributed by atoms with van der Waals surface area (Å²) in [6, 6.07) is 14.0. The normalized spacial score (nSPS) is 10.4. The Bertz CT molecular complexity index is 1060. The van der Waals surface area contributed by atoms with Gasteiger partial charge in [-0.05, 0) is 24.3 Å². The number of fused-ring (bicyclic) bond motifs is 1. The van der Waals surface area contributed by atoms with Crippen LogP contribution in [-0.4, -0.2) is 35.7 Å². The van der Waals surface area contributed by atoms with Crippen molar-refractivity contribution in [3.05, 3.63) is 70.6 Å². The van der Waals surface area contributed by atoms with Crippen LogP contribution in [0.25, 0.3) is 10.8 Å². The van der Waals surface area contributed by atoms with Gasteiger partial charge in [0.25, 0.3) is 17.4 Å². The molecule has 0 unspecified atom stereocenters. The molecule has 3 aromatic rings. The van der Waals surface area contributed by atoms with Crippen LogP contribution in [0, 0.1) is 0 Å². The van der Waals surface area contributed by atoms with Crippen LogP contribution in [0.4, 0.5) is 5.69 Å². The number of amides is 2. The Hall–Kier alpha value is -3.68. The maximum absolute atomic E-state index is 12.4. The standard InChI is InChI=1S/C19H19N5O3/c1-23(2)15-8-5-7-13(10-15)18(26)22-21-17(25)12-24-19(27)16-9-4-3-6-14(16)11-20-24/h3-11H,12H2,1-2H3,(H,21,25)(H,22,26). The molecule has 0 spiro atoms. The van der Waals surface area contributed by atoms with Gasteiger partial charge in [0.15, 0.2) is 0 Å². The SMILES string of the molecule is CN(C)c1cccc(C(=O)NNC(=O)Cn2ncc3ccccc3c2=O)c1. The Balaban J connectivity index is 1.65. The number of aromatic nitrogens is 2. The third-order valence-electron chi connectivity index (χ3n) is 4.00. The summed E-state index contributed by atoms with van der Waals surface area (Å²) in [5, 5.41) is 5.17. The minimum Gasteiger partial charge on any atom is -0.378 e. The molecule has 0 saturated heterocycles. The predicted molar refractivity (Wildman–Crippen MR) is 102 cm³/mol. The van der Waals surface area contributed by atoms with Gasteiger partial charge in [-0.1, -0.05) is 24.3 Å². The Morgan fingerprint density at radius 1 is 1.07 bits per heavy atom. The van der Waals surface area contributed by atoms with Crippen molar-refractivity contribution in [1.29, 1.82) is 0 Å². The molecule has 2 amide bonds. The second-order valence-electron chi connectivity index (χ2n) is 6.14. The molecule has 8 nitrogen and oxygen atoms in total. The lowest BCUT2D eigenvalue weighted by Gasteiger charge is -2.13. The largest absolute Gasteiger partial charge is 0.378 e. The molecule has 2 aromatic carbocycles. The minimum absolute atomic E-state index is 0.304. The van der Waals surface area contributed by atoms with E-state index in [4.69, 9.17) is 0 Å². The summed E-state index contributed by atoms with van der Waals surface area (Å²) in [7, 11) is 3.74. The molecule has 0 bridgehead atoms. The summed E-state index contributed by atoms with van der Waals surface area (Å²) in [6.07, 6.45) is 1.52. The van der Waals surface area contributed by atoms with Gasteiger partial charge in [-0.15, -0.1) is 0 Å². The monoisotopic (exact) mass is 365 g/mol. The lowest BCUT2D eigenvalue weighted by Crippen LogP contribution is -2.44. The van der Waals surface area contributed by atoms with Crippen LogP contribution in [0.1, 0.15) is 10.4 Å². The molecule has 8 heteroatoms. The highest BCUT2D eigenvalue weighted by molar-refractivity contribution is 5.96. The van der Waals surface area contributed by atoms with Crippen molar-refractivity contribution in [2.45, 2.75) is 6.54 Å². The first-order valence-corrected chi connectivity index (χ1v) is 8.27. The second kappa shape index (κ2) is 7.69. The number of anilines is 1. The molecular weight excluding hydrogens is 346 g/mol. The van der Waals surface area contributed by atoms with Gasteiger partial charge in [-0.3, -0.25) is 25.2 Å². The van der Waals surface area contributed by atoms with Gasteiger partial charge < -0.3 is 4.90 Å². The zero-order valence-electron chi connectivity index (χ0n) is 15.0. The van der Waals surface area contributed by atoms with Gasteiger partial charge in [-0.2, -0.15) is 5.10 Å². The van der Waals surface area contributed by atoms with Gasteiger partial charge >= 0.3 is 0 Å². The average molecular weight is 365 g/mol. The summed E-state index contributed by atoms with van der Waals surface area (Å²) in [4.78, 5) is 38.5. The number of rotatable bonds is 4. The number of hydrogen-bond donors (Lipinski definition) is 2. The number of benzene rings is 2. The van der Waals surface area contributed by atoms with Crippen molar-refractivity contribution in [1.82, 2.24) is 20.6 Å². The summed E-state index contributed by atoms with van der Waals surface area (Å²) >= 11 is 0. The Labute approximate surface area is 155 Å². The lowest BCUT2D eigenvalue weighted by atomic mass is 10.2. The van der Waals surface area contributed by atoms with Crippen molar-refractivity contribution < 1.29 is 9.59 Å². The highest BCUT2D eigenvalue weighted by Gasteiger charge is 2.11. The van der Waals surface area contributed by atoms with Crippen LogP contribution in [0.5, 0.6) is 0 Å². The third-order valence-corrected chi connectivity index (χ3v) is 4.00. The molecule has 0 aliphatic heterocycles.